The van der Waals surface area contributed by atoms with Gasteiger partial charge in [-0.05, 0) is 64.2 Å². The highest BCUT2D eigenvalue weighted by molar-refractivity contribution is 5.86. The van der Waals surface area contributed by atoms with E-state index >= 15 is 0 Å². The van der Waals surface area contributed by atoms with Crippen molar-refractivity contribution < 1.29 is 19.4 Å². The Bertz CT molecular complexity index is 592. The maximum atomic E-state index is 12.4. The fourth-order valence-corrected chi connectivity index (χ4v) is 2.86. The van der Waals surface area contributed by atoms with Crippen LogP contribution in [0.1, 0.15) is 45.6 Å². The van der Waals surface area contributed by atoms with Gasteiger partial charge in [-0.25, -0.2) is 4.79 Å². The molecule has 1 heterocycles. The Kier molecular flexibility index (Phi) is 6.28. The number of nitrogens with one attached hydrogen (secondary N) is 1. The predicted molar refractivity (Wildman–Crippen MR) is 95.4 cm³/mol. The van der Waals surface area contributed by atoms with Crippen molar-refractivity contribution in [3.05, 3.63) is 29.8 Å². The largest absolute Gasteiger partial charge is 0.508 e. The highest BCUT2D eigenvalue weighted by atomic mass is 16.6. The monoisotopic (exact) mass is 348 g/mol. The van der Waals surface area contributed by atoms with Crippen LogP contribution < -0.4 is 5.32 Å². The first-order valence-electron chi connectivity index (χ1n) is 8.81. The number of hydrogen-bond donors (Lipinski definition) is 2. The Morgan fingerprint density at radius 2 is 1.96 bits per heavy atom. The molecular formula is C19H28N2O4. The van der Waals surface area contributed by atoms with Crippen LogP contribution in [-0.2, 0) is 16.0 Å². The number of phenolic OH excluding ortho intramolecular Hbond substituents is 1. The maximum absolute atomic E-state index is 12.4. The third kappa shape index (κ3) is 5.96. The minimum atomic E-state index is -0.565. The lowest BCUT2D eigenvalue weighted by Gasteiger charge is -2.28. The number of nitrogens with zero attached hydrogens (tertiary/aromatic N) is 1. The number of aromatic hydroxyl groups is 1. The van der Waals surface area contributed by atoms with Gasteiger partial charge in [0, 0.05) is 13.1 Å². The van der Waals surface area contributed by atoms with Crippen molar-refractivity contribution in [3.8, 4) is 5.75 Å². The van der Waals surface area contributed by atoms with Gasteiger partial charge in [-0.3, -0.25) is 9.69 Å². The van der Waals surface area contributed by atoms with Crippen molar-refractivity contribution >= 4 is 12.0 Å². The number of likely N-dealkylation sites (tertiary alicyclic amines) is 1. The number of benzene rings is 1. The fourth-order valence-electron chi connectivity index (χ4n) is 2.86. The number of phenols is 1. The van der Waals surface area contributed by atoms with Gasteiger partial charge in [0.05, 0.1) is 0 Å². The van der Waals surface area contributed by atoms with Gasteiger partial charge in [-0.1, -0.05) is 12.1 Å². The molecule has 1 atom stereocenters. The summed E-state index contributed by atoms with van der Waals surface area (Å²) in [4.78, 5) is 26.1. The molecule has 1 aromatic rings. The Morgan fingerprint density at radius 1 is 1.28 bits per heavy atom. The lowest BCUT2D eigenvalue weighted by Crippen LogP contribution is -2.47. The van der Waals surface area contributed by atoms with Crippen molar-refractivity contribution in [1.29, 1.82) is 0 Å². The number of carbonyl (C=O) groups excluding carboxylic acids is 2. The smallest absolute Gasteiger partial charge is 0.410 e. The van der Waals surface area contributed by atoms with Gasteiger partial charge >= 0.3 is 6.09 Å². The topological polar surface area (TPSA) is 78.9 Å². The molecule has 0 spiro atoms. The molecule has 0 aliphatic carbocycles. The second-order valence-corrected chi connectivity index (χ2v) is 7.39. The standard InChI is InChI=1S/C19H28N2O4/c1-19(2,3)25-18(24)21-13-5-7-16(21)17(23)20-12-4-6-14-8-10-15(22)11-9-14/h8-11,16,22H,4-7,12-13H2,1-3H3,(H,20,23). The van der Waals surface area contributed by atoms with E-state index in [2.05, 4.69) is 5.32 Å². The molecule has 1 fully saturated rings. The SMILES string of the molecule is CC(C)(C)OC(=O)N1CCCC1C(=O)NCCCc1ccc(O)cc1. The summed E-state index contributed by atoms with van der Waals surface area (Å²) in [5.74, 6) is 0.134. The van der Waals surface area contributed by atoms with E-state index in [1.165, 1.54) is 4.90 Å². The van der Waals surface area contributed by atoms with Crippen LogP contribution in [-0.4, -0.2) is 46.7 Å². The first-order valence-corrected chi connectivity index (χ1v) is 8.81. The molecule has 6 heteroatoms. The molecular weight excluding hydrogens is 320 g/mol. The van der Waals surface area contributed by atoms with E-state index in [1.807, 2.05) is 32.9 Å². The van der Waals surface area contributed by atoms with E-state index in [1.54, 1.807) is 12.1 Å². The molecule has 0 bridgehead atoms. The lowest BCUT2D eigenvalue weighted by atomic mass is 10.1. The average Bonchev–Trinajstić information content (AvgIpc) is 3.01. The normalized spacial score (nSPS) is 17.4. The van der Waals surface area contributed by atoms with E-state index in [0.29, 0.717) is 19.5 Å². The fraction of sp³-hybridized carbons (Fsp3) is 0.579. The third-order valence-corrected chi connectivity index (χ3v) is 4.06. The summed E-state index contributed by atoms with van der Waals surface area (Å²) in [6, 6.07) is 6.62. The Labute approximate surface area is 149 Å². The molecule has 1 saturated heterocycles. The van der Waals surface area contributed by atoms with Crippen LogP contribution in [0, 0.1) is 0 Å². The summed E-state index contributed by atoms with van der Waals surface area (Å²) >= 11 is 0. The minimum absolute atomic E-state index is 0.117. The van der Waals surface area contributed by atoms with Gasteiger partial charge < -0.3 is 15.2 Å². The van der Waals surface area contributed by atoms with E-state index in [4.69, 9.17) is 4.74 Å². The quantitative estimate of drug-likeness (QED) is 0.802. The second kappa shape index (κ2) is 8.23. The molecule has 2 rings (SSSR count). The summed E-state index contributed by atoms with van der Waals surface area (Å²) < 4.78 is 5.38. The molecule has 138 valence electrons. The second-order valence-electron chi connectivity index (χ2n) is 7.39. The number of hydrogen-bond acceptors (Lipinski definition) is 4. The summed E-state index contributed by atoms with van der Waals surface area (Å²) in [5.41, 5.74) is 0.549. The van der Waals surface area contributed by atoms with Gasteiger partial charge in [-0.15, -0.1) is 0 Å². The van der Waals surface area contributed by atoms with Gasteiger partial charge in [0.2, 0.25) is 5.91 Å². The maximum Gasteiger partial charge on any atom is 0.410 e. The van der Waals surface area contributed by atoms with Crippen LogP contribution in [0.5, 0.6) is 5.75 Å². The molecule has 1 aliphatic heterocycles. The van der Waals surface area contributed by atoms with E-state index in [-0.39, 0.29) is 11.7 Å². The molecule has 0 saturated carbocycles. The van der Waals surface area contributed by atoms with Crippen molar-refractivity contribution in [1.82, 2.24) is 10.2 Å². The number of rotatable bonds is 5. The molecule has 25 heavy (non-hydrogen) atoms. The zero-order valence-electron chi connectivity index (χ0n) is 15.2. The zero-order valence-corrected chi connectivity index (χ0v) is 15.2. The molecule has 6 nitrogen and oxygen atoms in total. The van der Waals surface area contributed by atoms with Crippen LogP contribution in [0.4, 0.5) is 4.79 Å². The van der Waals surface area contributed by atoms with Gasteiger partial charge in [0.1, 0.15) is 17.4 Å². The van der Waals surface area contributed by atoms with E-state index in [9.17, 15) is 14.7 Å². The Morgan fingerprint density at radius 3 is 2.60 bits per heavy atom. The van der Waals surface area contributed by atoms with Crippen LogP contribution in [0.15, 0.2) is 24.3 Å². The molecule has 1 unspecified atom stereocenters. The molecule has 2 N–H and O–H groups in total. The van der Waals surface area contributed by atoms with Crippen LogP contribution in [0.2, 0.25) is 0 Å². The zero-order chi connectivity index (χ0) is 18.4. The van der Waals surface area contributed by atoms with Crippen LogP contribution >= 0.6 is 0 Å². The van der Waals surface area contributed by atoms with Crippen LogP contribution in [0.25, 0.3) is 0 Å². The van der Waals surface area contributed by atoms with Gasteiger partial charge in [0.25, 0.3) is 0 Å². The van der Waals surface area contributed by atoms with Gasteiger partial charge in [0.15, 0.2) is 0 Å². The first-order chi connectivity index (χ1) is 11.8. The number of amides is 2. The molecule has 0 radical (unpaired) electrons. The van der Waals surface area contributed by atoms with Gasteiger partial charge in [-0.2, -0.15) is 0 Å². The minimum Gasteiger partial charge on any atom is -0.508 e. The van der Waals surface area contributed by atoms with Crippen molar-refractivity contribution in [2.45, 2.75) is 58.1 Å². The van der Waals surface area contributed by atoms with Crippen molar-refractivity contribution in [3.63, 3.8) is 0 Å². The summed E-state index contributed by atoms with van der Waals surface area (Å²) in [6.07, 6.45) is 2.68. The van der Waals surface area contributed by atoms with E-state index < -0.39 is 17.7 Å². The number of aryl methyl sites for hydroxylation is 1. The summed E-state index contributed by atoms with van der Waals surface area (Å²) in [7, 11) is 0. The van der Waals surface area contributed by atoms with Crippen molar-refractivity contribution in [2.24, 2.45) is 0 Å². The summed E-state index contributed by atoms with van der Waals surface area (Å²) in [5, 5.41) is 12.2. The molecule has 1 aliphatic rings. The first kappa shape index (κ1) is 19.1. The van der Waals surface area contributed by atoms with Crippen molar-refractivity contribution in [2.75, 3.05) is 13.1 Å². The Balaban J connectivity index is 1.77. The average molecular weight is 348 g/mol. The number of carbonyl (C=O) groups is 2. The highest BCUT2D eigenvalue weighted by Crippen LogP contribution is 2.21. The number of ether oxygens (including phenoxy) is 1. The molecule has 0 aromatic heterocycles. The Hall–Kier alpha value is -2.24. The summed E-state index contributed by atoms with van der Waals surface area (Å²) in [6.45, 7) is 6.57. The third-order valence-electron chi connectivity index (χ3n) is 4.06. The molecule has 1 aromatic carbocycles. The lowest BCUT2D eigenvalue weighted by molar-refractivity contribution is -0.125. The molecule has 2 amide bonds. The predicted octanol–water partition coefficient (Wildman–Crippen LogP) is 2.84. The van der Waals surface area contributed by atoms with Crippen LogP contribution in [0.3, 0.4) is 0 Å². The van der Waals surface area contributed by atoms with E-state index in [0.717, 1.165) is 24.8 Å². The highest BCUT2D eigenvalue weighted by Gasteiger charge is 2.36.